The van der Waals surface area contributed by atoms with Crippen LogP contribution in [0.5, 0.6) is 11.5 Å². The van der Waals surface area contributed by atoms with Gasteiger partial charge in [0.1, 0.15) is 6.33 Å². The van der Waals surface area contributed by atoms with Crippen LogP contribution in [-0.4, -0.2) is 53.0 Å². The predicted molar refractivity (Wildman–Crippen MR) is 129 cm³/mol. The zero-order valence-corrected chi connectivity index (χ0v) is 19.3. The quantitative estimate of drug-likeness (QED) is 0.329. The minimum Gasteiger partial charge on any atom is -0.493 e. The van der Waals surface area contributed by atoms with Crippen molar-refractivity contribution in [2.45, 2.75) is 13.5 Å². The number of aliphatic hydroxyl groups excluding tert-OH is 1. The summed E-state index contributed by atoms with van der Waals surface area (Å²) in [5, 5.41) is 23.2. The molecule has 2 heterocycles. The van der Waals surface area contributed by atoms with Crippen LogP contribution >= 0.6 is 0 Å². The summed E-state index contributed by atoms with van der Waals surface area (Å²) in [6.45, 7) is 2.97. The number of nitrogens with zero attached hydrogens (tertiary/aromatic N) is 3. The van der Waals surface area contributed by atoms with Crippen molar-refractivity contribution in [1.82, 2.24) is 19.9 Å². The highest BCUT2D eigenvalue weighted by Crippen LogP contribution is 2.35. The molecular weight excluding hydrogens is 434 g/mol. The van der Waals surface area contributed by atoms with Gasteiger partial charge < -0.3 is 25.2 Å². The summed E-state index contributed by atoms with van der Waals surface area (Å²) in [5.41, 5.74) is 5.28. The second kappa shape index (κ2) is 10.3. The van der Waals surface area contributed by atoms with Crippen molar-refractivity contribution >= 4 is 17.2 Å². The van der Waals surface area contributed by atoms with Crippen molar-refractivity contribution in [2.24, 2.45) is 0 Å². The van der Waals surface area contributed by atoms with Gasteiger partial charge in [0, 0.05) is 25.0 Å². The number of hydrogen-bond donors (Lipinski definition) is 3. The van der Waals surface area contributed by atoms with E-state index in [1.165, 1.54) is 0 Å². The summed E-state index contributed by atoms with van der Waals surface area (Å²) < 4.78 is 12.5. The maximum Gasteiger partial charge on any atom is 0.259 e. The van der Waals surface area contributed by atoms with Gasteiger partial charge in [-0.15, -0.1) is 10.2 Å². The van der Waals surface area contributed by atoms with Crippen molar-refractivity contribution in [2.75, 3.05) is 32.7 Å². The number of methoxy groups -OCH3 is 2. The van der Waals surface area contributed by atoms with E-state index in [0.717, 1.165) is 22.3 Å². The molecule has 9 nitrogen and oxygen atoms in total. The molecule has 3 N–H and O–H groups in total. The van der Waals surface area contributed by atoms with E-state index in [1.54, 1.807) is 31.0 Å². The van der Waals surface area contributed by atoms with E-state index in [0.29, 0.717) is 41.5 Å². The zero-order chi connectivity index (χ0) is 24.1. The lowest BCUT2D eigenvalue weighted by Crippen LogP contribution is -2.19. The number of amides is 1. The number of ether oxygens (including phenoxy) is 2. The molecular formula is C25H27N5O4. The first-order valence-electron chi connectivity index (χ1n) is 10.8. The number of hydrogen-bond acceptors (Lipinski definition) is 7. The first kappa shape index (κ1) is 23.2. The smallest absolute Gasteiger partial charge is 0.259 e. The lowest BCUT2D eigenvalue weighted by atomic mass is 9.98. The molecule has 34 heavy (non-hydrogen) atoms. The maximum absolute atomic E-state index is 13.3. The normalized spacial score (nSPS) is 10.9. The van der Waals surface area contributed by atoms with E-state index in [4.69, 9.17) is 14.6 Å². The van der Waals surface area contributed by atoms with Crippen LogP contribution in [0.2, 0.25) is 0 Å². The number of nitrogens with one attached hydrogen (secondary N) is 2. The van der Waals surface area contributed by atoms with Crippen LogP contribution in [0, 0.1) is 6.92 Å². The SMILES string of the molecule is COc1ccc(-c2cccc(NC(=O)c3cc(CNCCO)cn4cnnc34)c2C)cc1OC. The van der Waals surface area contributed by atoms with Gasteiger partial charge in [0.15, 0.2) is 17.1 Å². The van der Waals surface area contributed by atoms with E-state index in [2.05, 4.69) is 20.8 Å². The summed E-state index contributed by atoms with van der Waals surface area (Å²) >= 11 is 0. The Bertz CT molecular complexity index is 1320. The number of aliphatic hydroxyl groups is 1. The van der Waals surface area contributed by atoms with Crippen molar-refractivity contribution in [3.63, 3.8) is 0 Å². The third-order valence-electron chi connectivity index (χ3n) is 5.59. The van der Waals surface area contributed by atoms with Crippen molar-refractivity contribution in [3.05, 3.63) is 71.7 Å². The van der Waals surface area contributed by atoms with Gasteiger partial charge in [0.2, 0.25) is 0 Å². The second-order valence-electron chi connectivity index (χ2n) is 7.73. The van der Waals surface area contributed by atoms with Crippen molar-refractivity contribution in [3.8, 4) is 22.6 Å². The fraction of sp³-hybridized carbons (Fsp3) is 0.240. The highest BCUT2D eigenvalue weighted by atomic mass is 16.5. The van der Waals surface area contributed by atoms with E-state index < -0.39 is 0 Å². The van der Waals surface area contributed by atoms with Gasteiger partial charge in [-0.25, -0.2) is 0 Å². The van der Waals surface area contributed by atoms with Gasteiger partial charge in [0.25, 0.3) is 5.91 Å². The molecule has 0 bridgehead atoms. The van der Waals surface area contributed by atoms with Crippen LogP contribution in [-0.2, 0) is 6.54 Å². The topological polar surface area (TPSA) is 110 Å². The van der Waals surface area contributed by atoms with Gasteiger partial charge in [-0.3, -0.25) is 9.20 Å². The van der Waals surface area contributed by atoms with Gasteiger partial charge in [-0.05, 0) is 53.4 Å². The molecule has 2 aromatic heterocycles. The molecule has 1 amide bonds. The van der Waals surface area contributed by atoms with E-state index >= 15 is 0 Å². The number of anilines is 1. The summed E-state index contributed by atoms with van der Waals surface area (Å²) in [4.78, 5) is 13.3. The Kier molecular flexibility index (Phi) is 7.05. The van der Waals surface area contributed by atoms with Crippen LogP contribution in [0.1, 0.15) is 21.5 Å². The molecule has 0 spiro atoms. The molecule has 0 aliphatic rings. The Morgan fingerprint density at radius 1 is 1.12 bits per heavy atom. The summed E-state index contributed by atoms with van der Waals surface area (Å²) in [6, 6.07) is 13.3. The number of carbonyl (C=O) groups is 1. The lowest BCUT2D eigenvalue weighted by Gasteiger charge is -2.15. The predicted octanol–water partition coefficient (Wildman–Crippen LogP) is 3.06. The Morgan fingerprint density at radius 2 is 1.94 bits per heavy atom. The second-order valence-corrected chi connectivity index (χ2v) is 7.73. The molecule has 0 saturated heterocycles. The average molecular weight is 462 g/mol. The average Bonchev–Trinajstić information content (AvgIpc) is 3.33. The summed E-state index contributed by atoms with van der Waals surface area (Å²) in [7, 11) is 3.20. The molecule has 4 rings (SSSR count). The fourth-order valence-electron chi connectivity index (χ4n) is 3.85. The molecule has 0 atom stereocenters. The van der Waals surface area contributed by atoms with E-state index in [-0.39, 0.29) is 12.5 Å². The largest absolute Gasteiger partial charge is 0.493 e. The van der Waals surface area contributed by atoms with Crippen LogP contribution in [0.25, 0.3) is 16.8 Å². The molecule has 0 aliphatic heterocycles. The standard InChI is InChI=1S/C25H27N5O4/c1-16-19(18-7-8-22(33-2)23(12-18)34-3)5-4-6-21(16)28-25(32)20-11-17(13-26-9-10-31)14-30-15-27-29-24(20)30/h4-8,11-12,14-15,26,31H,9-10,13H2,1-3H3,(H,28,32). The fourth-order valence-corrected chi connectivity index (χ4v) is 3.85. The Morgan fingerprint density at radius 3 is 2.71 bits per heavy atom. The van der Waals surface area contributed by atoms with Crippen LogP contribution in [0.4, 0.5) is 5.69 Å². The Balaban J connectivity index is 1.65. The number of benzene rings is 2. The minimum atomic E-state index is -0.283. The molecule has 0 saturated carbocycles. The van der Waals surface area contributed by atoms with Gasteiger partial charge in [0.05, 0.1) is 26.4 Å². The van der Waals surface area contributed by atoms with Gasteiger partial charge in [-0.2, -0.15) is 0 Å². The Hall–Kier alpha value is -3.95. The van der Waals surface area contributed by atoms with E-state index in [9.17, 15) is 4.79 Å². The number of rotatable bonds is 9. The highest BCUT2D eigenvalue weighted by Gasteiger charge is 2.17. The lowest BCUT2D eigenvalue weighted by molar-refractivity contribution is 0.102. The molecule has 2 aromatic carbocycles. The maximum atomic E-state index is 13.3. The summed E-state index contributed by atoms with van der Waals surface area (Å²) in [5.74, 6) is 1.00. The van der Waals surface area contributed by atoms with Crippen LogP contribution in [0.15, 0.2) is 55.0 Å². The van der Waals surface area contributed by atoms with E-state index in [1.807, 2.05) is 49.5 Å². The molecule has 4 aromatic rings. The number of fused-ring (bicyclic) bond motifs is 1. The van der Waals surface area contributed by atoms with Crippen LogP contribution < -0.4 is 20.1 Å². The summed E-state index contributed by atoms with van der Waals surface area (Å²) in [6.07, 6.45) is 3.42. The zero-order valence-electron chi connectivity index (χ0n) is 19.3. The molecule has 0 fully saturated rings. The number of aromatic nitrogens is 3. The first-order valence-corrected chi connectivity index (χ1v) is 10.8. The third kappa shape index (κ3) is 4.70. The monoisotopic (exact) mass is 461 g/mol. The van der Waals surface area contributed by atoms with Gasteiger partial charge >= 0.3 is 0 Å². The number of carbonyl (C=O) groups excluding carboxylic acids is 1. The van der Waals surface area contributed by atoms with Gasteiger partial charge in [-0.1, -0.05) is 18.2 Å². The third-order valence-corrected chi connectivity index (χ3v) is 5.59. The molecule has 0 unspecified atom stereocenters. The van der Waals surface area contributed by atoms with Crippen molar-refractivity contribution in [1.29, 1.82) is 0 Å². The molecule has 0 aliphatic carbocycles. The number of pyridine rings is 1. The Labute approximate surface area is 197 Å². The van der Waals surface area contributed by atoms with Crippen molar-refractivity contribution < 1.29 is 19.4 Å². The molecule has 0 radical (unpaired) electrons. The van der Waals surface area contributed by atoms with Crippen LogP contribution in [0.3, 0.4) is 0 Å². The highest BCUT2D eigenvalue weighted by molar-refractivity contribution is 6.09. The minimum absolute atomic E-state index is 0.0396. The molecule has 176 valence electrons. The molecule has 9 heteroatoms. The first-order chi connectivity index (χ1) is 16.5.